The second-order valence-electron chi connectivity index (χ2n) is 3.53. The van der Waals surface area contributed by atoms with Gasteiger partial charge in [-0.2, -0.15) is 0 Å². The van der Waals surface area contributed by atoms with E-state index in [-0.39, 0.29) is 0 Å². The Morgan fingerprint density at radius 3 is 2.94 bits per heavy atom. The van der Waals surface area contributed by atoms with Crippen LogP contribution < -0.4 is 4.74 Å². The summed E-state index contributed by atoms with van der Waals surface area (Å²) in [6.07, 6.45) is 5.81. The van der Waals surface area contributed by atoms with Crippen LogP contribution in [0.2, 0.25) is 0 Å². The fourth-order valence-corrected chi connectivity index (χ4v) is 2.02. The SMILES string of the molecule is Fc1cncc(Oc2cc(Br)c3nncn3c2)c1. The molecule has 0 aliphatic rings. The van der Waals surface area contributed by atoms with Crippen molar-refractivity contribution in [3.8, 4) is 11.5 Å². The Hall–Kier alpha value is -2.02. The van der Waals surface area contributed by atoms with Gasteiger partial charge >= 0.3 is 0 Å². The van der Waals surface area contributed by atoms with Gasteiger partial charge in [0.2, 0.25) is 0 Å². The predicted molar refractivity (Wildman–Crippen MR) is 65.0 cm³/mol. The third kappa shape index (κ3) is 2.04. The van der Waals surface area contributed by atoms with Crippen LogP contribution in [-0.2, 0) is 0 Å². The second kappa shape index (κ2) is 4.34. The average Bonchev–Trinajstić information content (AvgIpc) is 2.77. The molecule has 90 valence electrons. The van der Waals surface area contributed by atoms with Crippen molar-refractivity contribution in [3.63, 3.8) is 0 Å². The molecular weight excluding hydrogens is 303 g/mol. The third-order valence-corrected chi connectivity index (χ3v) is 2.82. The normalized spacial score (nSPS) is 10.8. The number of rotatable bonds is 2. The summed E-state index contributed by atoms with van der Waals surface area (Å²) in [6, 6.07) is 2.99. The zero-order valence-corrected chi connectivity index (χ0v) is 10.5. The number of aromatic nitrogens is 4. The Balaban J connectivity index is 1.99. The van der Waals surface area contributed by atoms with Crippen LogP contribution in [0.4, 0.5) is 4.39 Å². The fourth-order valence-electron chi connectivity index (χ4n) is 1.51. The van der Waals surface area contributed by atoms with Gasteiger partial charge in [0.15, 0.2) is 5.65 Å². The Labute approximate surface area is 109 Å². The van der Waals surface area contributed by atoms with Crippen LogP contribution in [0.25, 0.3) is 5.65 Å². The molecule has 3 rings (SSSR count). The highest BCUT2D eigenvalue weighted by atomic mass is 79.9. The number of ether oxygens (including phenoxy) is 1. The van der Waals surface area contributed by atoms with Crippen molar-refractivity contribution in [2.24, 2.45) is 0 Å². The Bertz CT molecular complexity index is 715. The van der Waals surface area contributed by atoms with Crippen molar-refractivity contribution in [2.75, 3.05) is 0 Å². The minimum Gasteiger partial charge on any atom is -0.454 e. The van der Waals surface area contributed by atoms with Gasteiger partial charge in [-0.05, 0) is 15.9 Å². The van der Waals surface area contributed by atoms with E-state index in [0.29, 0.717) is 17.1 Å². The Morgan fingerprint density at radius 1 is 1.22 bits per heavy atom. The van der Waals surface area contributed by atoms with Crippen LogP contribution in [0, 0.1) is 5.82 Å². The van der Waals surface area contributed by atoms with Gasteiger partial charge in [0.05, 0.1) is 23.1 Å². The van der Waals surface area contributed by atoms with Gasteiger partial charge in [-0.15, -0.1) is 10.2 Å². The van der Waals surface area contributed by atoms with Crippen LogP contribution in [-0.4, -0.2) is 19.6 Å². The van der Waals surface area contributed by atoms with Crippen LogP contribution in [0.15, 0.2) is 41.5 Å². The summed E-state index contributed by atoms with van der Waals surface area (Å²) >= 11 is 3.36. The van der Waals surface area contributed by atoms with Crippen molar-refractivity contribution >= 4 is 21.6 Å². The van der Waals surface area contributed by atoms with E-state index in [4.69, 9.17) is 4.74 Å². The molecule has 7 heteroatoms. The molecule has 0 radical (unpaired) electrons. The van der Waals surface area contributed by atoms with Crippen molar-refractivity contribution in [1.82, 2.24) is 19.6 Å². The number of nitrogens with zero attached hydrogens (tertiary/aromatic N) is 4. The highest BCUT2D eigenvalue weighted by molar-refractivity contribution is 9.10. The molecule has 0 unspecified atom stereocenters. The molecule has 0 fully saturated rings. The Kier molecular flexibility index (Phi) is 2.67. The zero-order chi connectivity index (χ0) is 12.5. The van der Waals surface area contributed by atoms with Gasteiger partial charge in [0.25, 0.3) is 0 Å². The molecule has 0 saturated heterocycles. The first-order valence-corrected chi connectivity index (χ1v) is 5.79. The van der Waals surface area contributed by atoms with Crippen molar-refractivity contribution in [1.29, 1.82) is 0 Å². The van der Waals surface area contributed by atoms with Crippen molar-refractivity contribution in [3.05, 3.63) is 47.3 Å². The summed E-state index contributed by atoms with van der Waals surface area (Å²) in [5.74, 6) is 0.410. The summed E-state index contributed by atoms with van der Waals surface area (Å²) < 4.78 is 20.9. The molecule has 0 aliphatic carbocycles. The lowest BCUT2D eigenvalue weighted by molar-refractivity contribution is 0.470. The first kappa shape index (κ1) is 11.1. The first-order chi connectivity index (χ1) is 8.72. The number of fused-ring (bicyclic) bond motifs is 1. The molecule has 18 heavy (non-hydrogen) atoms. The molecule has 0 bridgehead atoms. The molecule has 0 spiro atoms. The van der Waals surface area contributed by atoms with E-state index in [1.54, 1.807) is 23.0 Å². The lowest BCUT2D eigenvalue weighted by atomic mass is 10.4. The zero-order valence-electron chi connectivity index (χ0n) is 8.92. The van der Waals surface area contributed by atoms with Crippen molar-refractivity contribution in [2.45, 2.75) is 0 Å². The number of hydrogen-bond donors (Lipinski definition) is 0. The molecule has 0 aromatic carbocycles. The maximum Gasteiger partial charge on any atom is 0.175 e. The molecule has 3 aromatic heterocycles. The minimum absolute atomic E-state index is 0.328. The quantitative estimate of drug-likeness (QED) is 0.730. The van der Waals surface area contributed by atoms with E-state index >= 15 is 0 Å². The molecular formula is C11H6BrFN4O. The lowest BCUT2D eigenvalue weighted by Gasteiger charge is -2.06. The van der Waals surface area contributed by atoms with Gasteiger partial charge in [-0.3, -0.25) is 9.38 Å². The van der Waals surface area contributed by atoms with E-state index in [0.717, 1.165) is 10.7 Å². The van der Waals surface area contributed by atoms with E-state index in [1.165, 1.54) is 12.3 Å². The van der Waals surface area contributed by atoms with E-state index in [2.05, 4.69) is 31.1 Å². The van der Waals surface area contributed by atoms with Gasteiger partial charge < -0.3 is 4.74 Å². The summed E-state index contributed by atoms with van der Waals surface area (Å²) in [5.41, 5.74) is 0.680. The van der Waals surface area contributed by atoms with Crippen LogP contribution in [0.5, 0.6) is 11.5 Å². The summed E-state index contributed by atoms with van der Waals surface area (Å²) in [4.78, 5) is 3.71. The molecule has 0 aliphatic heterocycles. The average molecular weight is 309 g/mol. The summed E-state index contributed by atoms with van der Waals surface area (Å²) in [7, 11) is 0. The maximum absolute atomic E-state index is 13.0. The van der Waals surface area contributed by atoms with E-state index < -0.39 is 5.82 Å². The molecule has 0 saturated carbocycles. The van der Waals surface area contributed by atoms with Crippen LogP contribution in [0.3, 0.4) is 0 Å². The monoisotopic (exact) mass is 308 g/mol. The van der Waals surface area contributed by atoms with Gasteiger partial charge in [0.1, 0.15) is 23.6 Å². The molecule has 3 aromatic rings. The molecule has 0 atom stereocenters. The highest BCUT2D eigenvalue weighted by Crippen LogP contribution is 2.26. The molecule has 3 heterocycles. The van der Waals surface area contributed by atoms with E-state index in [1.807, 2.05) is 0 Å². The highest BCUT2D eigenvalue weighted by Gasteiger charge is 2.06. The third-order valence-electron chi connectivity index (χ3n) is 2.24. The largest absolute Gasteiger partial charge is 0.454 e. The lowest BCUT2D eigenvalue weighted by Crippen LogP contribution is -1.91. The second-order valence-corrected chi connectivity index (χ2v) is 4.38. The van der Waals surface area contributed by atoms with Crippen LogP contribution in [0.1, 0.15) is 0 Å². The van der Waals surface area contributed by atoms with Crippen molar-refractivity contribution < 1.29 is 9.13 Å². The van der Waals surface area contributed by atoms with Gasteiger partial charge in [-0.1, -0.05) is 0 Å². The standard InChI is InChI=1S/C11H6BrFN4O/c12-10-2-9(5-17-6-15-16-11(10)17)18-8-1-7(13)3-14-4-8/h1-6H. The smallest absolute Gasteiger partial charge is 0.175 e. The minimum atomic E-state index is -0.447. The topological polar surface area (TPSA) is 52.3 Å². The Morgan fingerprint density at radius 2 is 2.11 bits per heavy atom. The predicted octanol–water partition coefficient (Wildman–Crippen LogP) is 2.82. The molecule has 0 amide bonds. The molecule has 5 nitrogen and oxygen atoms in total. The van der Waals surface area contributed by atoms with Crippen LogP contribution >= 0.6 is 15.9 Å². The summed E-state index contributed by atoms with van der Waals surface area (Å²) in [6.45, 7) is 0. The fraction of sp³-hybridized carbons (Fsp3) is 0. The van der Waals surface area contributed by atoms with Gasteiger partial charge in [-0.25, -0.2) is 4.39 Å². The maximum atomic E-state index is 13.0. The number of halogens is 2. The summed E-state index contributed by atoms with van der Waals surface area (Å²) in [5, 5.41) is 7.70. The number of pyridine rings is 2. The number of hydrogen-bond acceptors (Lipinski definition) is 4. The molecule has 0 N–H and O–H groups in total. The van der Waals surface area contributed by atoms with Gasteiger partial charge in [0, 0.05) is 12.1 Å². The van der Waals surface area contributed by atoms with E-state index in [9.17, 15) is 4.39 Å². The first-order valence-electron chi connectivity index (χ1n) is 5.00.